The first-order valence-electron chi connectivity index (χ1n) is 14.1. The number of aromatic nitrogens is 3. The quantitative estimate of drug-likeness (QED) is 0.264. The molecule has 2 saturated heterocycles. The molecule has 2 aliphatic rings. The first kappa shape index (κ1) is 27.5. The van der Waals surface area contributed by atoms with Crippen molar-refractivity contribution in [2.75, 3.05) is 52.7 Å². The van der Waals surface area contributed by atoms with Gasteiger partial charge in [-0.2, -0.15) is 0 Å². The third-order valence-corrected chi connectivity index (χ3v) is 7.52. The van der Waals surface area contributed by atoms with E-state index in [0.29, 0.717) is 32.1 Å². The Morgan fingerprint density at radius 3 is 2.60 bits per heavy atom. The van der Waals surface area contributed by atoms with Gasteiger partial charge in [-0.05, 0) is 56.3 Å². The smallest absolute Gasteiger partial charge is 0.246 e. The number of hydrogen-bond acceptors (Lipinski definition) is 7. The van der Waals surface area contributed by atoms with Gasteiger partial charge in [0.1, 0.15) is 35.0 Å². The van der Waals surface area contributed by atoms with Gasteiger partial charge in [-0.1, -0.05) is 42.3 Å². The van der Waals surface area contributed by atoms with Crippen molar-refractivity contribution in [1.29, 1.82) is 0 Å². The monoisotopic (exact) mass is 562 g/mol. The summed E-state index contributed by atoms with van der Waals surface area (Å²) in [5, 5.41) is 0.780. The van der Waals surface area contributed by atoms with Crippen molar-refractivity contribution in [2.24, 2.45) is 5.92 Å². The maximum Gasteiger partial charge on any atom is 0.246 e. The Labute approximate surface area is 245 Å². The van der Waals surface area contributed by atoms with Crippen LogP contribution in [0.3, 0.4) is 0 Å². The zero-order valence-electron chi connectivity index (χ0n) is 23.9. The molecule has 0 spiro atoms. The lowest BCUT2D eigenvalue weighted by atomic mass is 9.99. The minimum Gasteiger partial charge on any atom is -0.457 e. The Balaban J connectivity index is 1.34. The van der Waals surface area contributed by atoms with Gasteiger partial charge >= 0.3 is 0 Å². The second-order valence-electron chi connectivity index (χ2n) is 10.9. The molecule has 4 heterocycles. The van der Waals surface area contributed by atoms with Crippen LogP contribution in [0.5, 0.6) is 11.5 Å². The summed E-state index contributed by atoms with van der Waals surface area (Å²) in [7, 11) is 3.95. The number of anilines is 1. The van der Waals surface area contributed by atoms with Crippen LogP contribution in [0.2, 0.25) is 0 Å². The van der Waals surface area contributed by atoms with Crippen molar-refractivity contribution in [3.05, 3.63) is 78.8 Å². The van der Waals surface area contributed by atoms with E-state index < -0.39 is 0 Å². The van der Waals surface area contributed by atoms with Gasteiger partial charge in [0.15, 0.2) is 0 Å². The first-order valence-corrected chi connectivity index (χ1v) is 14.1. The molecule has 0 aliphatic carbocycles. The maximum absolute atomic E-state index is 12.5. The Kier molecular flexibility index (Phi) is 7.91. The van der Waals surface area contributed by atoms with Crippen molar-refractivity contribution >= 4 is 22.8 Å². The third-order valence-electron chi connectivity index (χ3n) is 7.52. The second-order valence-corrected chi connectivity index (χ2v) is 10.9. The van der Waals surface area contributed by atoms with Crippen LogP contribution in [0.1, 0.15) is 18.2 Å². The lowest BCUT2D eigenvalue weighted by molar-refractivity contribution is -0.130. The van der Waals surface area contributed by atoms with E-state index in [9.17, 15) is 4.79 Å². The molecular weight excluding hydrogens is 528 g/mol. The number of carbonyl (C=O) groups excluding carboxylic acids is 1. The van der Waals surface area contributed by atoms with E-state index in [2.05, 4.69) is 26.4 Å². The van der Waals surface area contributed by atoms with Gasteiger partial charge in [0, 0.05) is 37.9 Å². The van der Waals surface area contributed by atoms with Crippen LogP contribution < -0.4 is 10.5 Å². The number of ether oxygens (including phenoxy) is 2. The molecule has 0 bridgehead atoms. The molecule has 2 aliphatic heterocycles. The van der Waals surface area contributed by atoms with E-state index in [0.717, 1.165) is 52.3 Å². The molecule has 2 aromatic heterocycles. The number of carbonyl (C=O) groups is 1. The van der Waals surface area contributed by atoms with Crippen LogP contribution in [0.4, 0.5) is 5.82 Å². The van der Waals surface area contributed by atoms with Crippen molar-refractivity contribution in [1.82, 2.24) is 24.3 Å². The molecule has 0 radical (unpaired) electrons. The fourth-order valence-electron chi connectivity index (χ4n) is 5.35. The zero-order valence-corrected chi connectivity index (χ0v) is 23.9. The van der Waals surface area contributed by atoms with E-state index in [4.69, 9.17) is 15.2 Å². The van der Waals surface area contributed by atoms with Crippen molar-refractivity contribution < 1.29 is 14.3 Å². The Hall–Kier alpha value is -4.65. The van der Waals surface area contributed by atoms with Gasteiger partial charge < -0.3 is 29.6 Å². The average molecular weight is 563 g/mol. The molecule has 4 aromatic rings. The number of hydrogen-bond donors (Lipinski definition) is 1. The number of rotatable bonds is 7. The summed E-state index contributed by atoms with van der Waals surface area (Å²) in [6, 6.07) is 17.7. The molecule has 2 N–H and O–H groups in total. The first-order chi connectivity index (χ1) is 20.5. The Morgan fingerprint density at radius 1 is 1.12 bits per heavy atom. The van der Waals surface area contributed by atoms with Crippen LogP contribution in [0.25, 0.3) is 22.2 Å². The van der Waals surface area contributed by atoms with Crippen LogP contribution in [0.15, 0.2) is 73.1 Å². The lowest BCUT2D eigenvalue weighted by Gasteiger charge is -2.35. The third kappa shape index (κ3) is 5.73. The molecule has 1 atom stereocenters. The number of likely N-dealkylation sites (N-methyl/N-ethyl adjacent to an activating group) is 1. The highest BCUT2D eigenvalue weighted by Crippen LogP contribution is 2.40. The molecule has 0 saturated carbocycles. The minimum atomic E-state index is 0.0219. The molecule has 2 aromatic carbocycles. The largest absolute Gasteiger partial charge is 0.457 e. The van der Waals surface area contributed by atoms with Gasteiger partial charge in [0.25, 0.3) is 0 Å². The van der Waals surface area contributed by atoms with E-state index in [-0.39, 0.29) is 17.9 Å². The van der Waals surface area contributed by atoms with Gasteiger partial charge in [-0.25, -0.2) is 9.97 Å². The Bertz CT molecular complexity index is 1660. The Morgan fingerprint density at radius 2 is 1.88 bits per heavy atom. The fourth-order valence-corrected chi connectivity index (χ4v) is 5.35. The molecule has 9 nitrogen and oxygen atoms in total. The van der Waals surface area contributed by atoms with Crippen molar-refractivity contribution in [3.63, 3.8) is 0 Å². The van der Waals surface area contributed by atoms with Gasteiger partial charge in [0.2, 0.25) is 5.91 Å². The molecule has 214 valence electrons. The normalized spacial score (nSPS) is 17.0. The predicted molar refractivity (Wildman–Crippen MR) is 163 cm³/mol. The maximum atomic E-state index is 12.5. The van der Waals surface area contributed by atoms with Crippen LogP contribution >= 0.6 is 0 Å². The minimum absolute atomic E-state index is 0.0219. The van der Waals surface area contributed by atoms with Crippen LogP contribution in [0, 0.1) is 17.8 Å². The van der Waals surface area contributed by atoms with Crippen LogP contribution in [-0.4, -0.2) is 77.2 Å². The highest BCUT2D eigenvalue weighted by atomic mass is 16.5. The summed E-state index contributed by atoms with van der Waals surface area (Å²) >= 11 is 0. The molecule has 1 amide bonds. The predicted octanol–water partition coefficient (Wildman–Crippen LogP) is 4.36. The van der Waals surface area contributed by atoms with Crippen molar-refractivity contribution in [3.8, 4) is 34.5 Å². The number of benzene rings is 2. The second kappa shape index (κ2) is 12.1. The van der Waals surface area contributed by atoms with E-state index >= 15 is 0 Å². The number of nitrogen functional groups attached to an aromatic ring is 1. The SMILES string of the molecule is CN(C)C/C=C/C(=O)N1CC(C#Cc2c(-c3ccc(Oc4ccccc4)cc3)c3c(N)ncnc3n2[C@@H]2CCOC2)C1. The van der Waals surface area contributed by atoms with Crippen molar-refractivity contribution in [2.45, 2.75) is 12.5 Å². The average Bonchev–Trinajstić information content (AvgIpc) is 3.60. The zero-order chi connectivity index (χ0) is 29.1. The number of nitrogens with zero attached hydrogens (tertiary/aromatic N) is 5. The lowest BCUT2D eigenvalue weighted by Crippen LogP contribution is -2.48. The van der Waals surface area contributed by atoms with E-state index in [1.54, 1.807) is 6.08 Å². The number of likely N-dealkylation sites (tertiary alicyclic amines) is 1. The van der Waals surface area contributed by atoms with Gasteiger partial charge in [0.05, 0.1) is 24.0 Å². The number of fused-ring (bicyclic) bond motifs is 1. The van der Waals surface area contributed by atoms with Gasteiger partial charge in [-0.15, -0.1) is 0 Å². The molecule has 9 heteroatoms. The standard InChI is InChI=1S/C33H34N6O3/c1-37(2)17-6-9-29(40)38-19-23(20-38)10-15-28-30(24-11-13-27(14-12-24)42-26-7-4-3-5-8-26)31-32(34)35-22-36-33(31)39(28)25-16-18-41-21-25/h3-9,11-14,22-23,25H,16-21H2,1-2H3,(H2,34,35,36)/b9-6+/t25-/m1/s1. The topological polar surface area (TPSA) is 98.7 Å². The highest BCUT2D eigenvalue weighted by Gasteiger charge is 2.30. The summed E-state index contributed by atoms with van der Waals surface area (Å²) in [5.41, 5.74) is 9.91. The number of para-hydroxylation sites is 1. The molecule has 0 unspecified atom stereocenters. The van der Waals surface area contributed by atoms with E-state index in [1.165, 1.54) is 6.33 Å². The summed E-state index contributed by atoms with van der Waals surface area (Å²) < 4.78 is 14.0. The number of amides is 1. The highest BCUT2D eigenvalue weighted by molar-refractivity contribution is 6.03. The molecule has 2 fully saturated rings. The molecular formula is C33H34N6O3. The molecule has 42 heavy (non-hydrogen) atoms. The molecule has 6 rings (SSSR count). The summed E-state index contributed by atoms with van der Waals surface area (Å²) in [6.07, 6.45) is 5.89. The summed E-state index contributed by atoms with van der Waals surface area (Å²) in [6.45, 7) is 3.20. The van der Waals surface area contributed by atoms with E-state index in [1.807, 2.05) is 84.6 Å². The van der Waals surface area contributed by atoms with Gasteiger partial charge in [-0.3, -0.25) is 4.79 Å². The fraction of sp³-hybridized carbons (Fsp3) is 0.303. The van der Waals surface area contributed by atoms with Crippen LogP contribution in [-0.2, 0) is 9.53 Å². The number of nitrogens with two attached hydrogens (primary N) is 1. The summed E-state index contributed by atoms with van der Waals surface area (Å²) in [5.74, 6) is 8.94. The summed E-state index contributed by atoms with van der Waals surface area (Å²) in [4.78, 5) is 25.3.